The summed E-state index contributed by atoms with van der Waals surface area (Å²) >= 11 is 0. The molecule has 0 bridgehead atoms. The highest BCUT2D eigenvalue weighted by Crippen LogP contribution is 2.08. The molecule has 0 aliphatic rings. The fraction of sp³-hybridized carbons (Fsp3) is 0.571. The van der Waals surface area contributed by atoms with Crippen LogP contribution in [0.5, 0.6) is 0 Å². The Morgan fingerprint density at radius 3 is 0.545 bits per heavy atom. The number of aliphatic hydroxyl groups is 12. The Kier molecular flexibility index (Phi) is 8.54. The molecule has 12 N–H and O–H groups in total. The van der Waals surface area contributed by atoms with Crippen molar-refractivity contribution in [3.05, 3.63) is 19.0 Å². The molecule has 1 rings (SSSR count). The van der Waals surface area contributed by atoms with E-state index in [1.165, 1.54) is 19.0 Å². The topological polar surface area (TPSA) is 281 Å². The van der Waals surface area contributed by atoms with Gasteiger partial charge in [-0.05, 0) is 0 Å². The van der Waals surface area contributed by atoms with Gasteiger partial charge in [-0.15, -0.1) is 0 Å². The van der Waals surface area contributed by atoms with Crippen LogP contribution in [0.4, 0.5) is 0 Å². The maximum Gasteiger partial charge on any atom is 0.362 e. The van der Waals surface area contributed by atoms with Crippen molar-refractivity contribution < 1.29 is 61.3 Å². The summed E-state index contributed by atoms with van der Waals surface area (Å²) in [6.45, 7) is 0. The van der Waals surface area contributed by atoms with Gasteiger partial charge < -0.3 is 61.3 Å². The van der Waals surface area contributed by atoms with Crippen LogP contribution in [0.25, 0.3) is 0 Å². The molecule has 130 valence electrons. The van der Waals surface area contributed by atoms with Crippen molar-refractivity contribution in [1.29, 1.82) is 0 Å². The first-order valence-electron chi connectivity index (χ1n) is 4.73. The Morgan fingerprint density at radius 2 is 0.500 bits per heavy atom. The van der Waals surface area contributed by atoms with Gasteiger partial charge in [0.15, 0.2) is 0 Å². The van der Waals surface area contributed by atoms with E-state index in [0.717, 1.165) is 0 Å². The number of rotatable bonds is 2. The summed E-state index contributed by atoms with van der Waals surface area (Å²) in [5.74, 6) is -15.6. The lowest BCUT2D eigenvalue weighted by Crippen LogP contribution is -2.54. The zero-order valence-electron chi connectivity index (χ0n) is 10.4. The van der Waals surface area contributed by atoms with E-state index in [2.05, 4.69) is 15.0 Å². The van der Waals surface area contributed by atoms with Gasteiger partial charge in [0.05, 0.1) is 0 Å². The molecule has 15 heteroatoms. The van der Waals surface area contributed by atoms with Crippen molar-refractivity contribution in [2.24, 2.45) is 0 Å². The maximum atomic E-state index is 7.72. The lowest BCUT2D eigenvalue weighted by Gasteiger charge is -2.23. The lowest BCUT2D eigenvalue weighted by molar-refractivity contribution is -0.512. The molecule has 1 aromatic heterocycles. The van der Waals surface area contributed by atoms with Gasteiger partial charge in [-0.3, -0.25) is 0 Å². The molecule has 0 amide bonds. The van der Waals surface area contributed by atoms with Gasteiger partial charge in [-0.1, -0.05) is 0 Å². The van der Waals surface area contributed by atoms with Crippen LogP contribution in [0.2, 0.25) is 0 Å². The van der Waals surface area contributed by atoms with Crippen molar-refractivity contribution in [2.75, 3.05) is 0 Å². The first-order valence-corrected chi connectivity index (χ1v) is 4.73. The molecular formula is C7H15N3O12. The van der Waals surface area contributed by atoms with Gasteiger partial charge in [0.25, 0.3) is 0 Å². The summed E-state index contributed by atoms with van der Waals surface area (Å²) in [5, 5.41) is 92.6. The normalized spacial score (nSPS) is 12.5. The van der Waals surface area contributed by atoms with Crippen LogP contribution in [0.3, 0.4) is 0 Å². The summed E-state index contributed by atoms with van der Waals surface area (Å²) < 4.78 is 0. The number of nitrogens with zero attached hydrogens (tertiary/aromatic N) is 3. The molecular weight excluding hydrogens is 318 g/mol. The van der Waals surface area contributed by atoms with Crippen LogP contribution in [-0.4, -0.2) is 100 Å². The SMILES string of the molecule is OC(O)(O)C(O)(O)O.OC(O)(O)C(O)(O)O.c1ncncn1. The predicted octanol–water partition coefficient (Wildman–Crippen LogP) is -7.63. The fourth-order valence-electron chi connectivity index (χ4n) is 0.205. The van der Waals surface area contributed by atoms with E-state index in [-0.39, 0.29) is 0 Å². The maximum absolute atomic E-state index is 7.72. The highest BCUT2D eigenvalue weighted by atomic mass is 16.8. The Balaban J connectivity index is 0. The van der Waals surface area contributed by atoms with Gasteiger partial charge in [0.1, 0.15) is 19.0 Å². The number of hydrogen-bond donors (Lipinski definition) is 12. The Bertz CT molecular complexity index is 314. The molecule has 1 heterocycles. The fourth-order valence-corrected chi connectivity index (χ4v) is 0.205. The van der Waals surface area contributed by atoms with E-state index in [9.17, 15) is 0 Å². The molecule has 0 spiro atoms. The number of aromatic nitrogens is 3. The second-order valence-electron chi connectivity index (χ2n) is 3.34. The standard InChI is InChI=1S/C3H3N3.2C2H6O6/c1-4-2-6-3-5-1;2*3-1(4,5)2(6,7)8/h1-3H;2*3-8H. The van der Waals surface area contributed by atoms with Crippen LogP contribution < -0.4 is 0 Å². The third-order valence-corrected chi connectivity index (χ3v) is 1.30. The van der Waals surface area contributed by atoms with Gasteiger partial charge in [0, 0.05) is 0 Å². The molecule has 0 unspecified atom stereocenters. The zero-order valence-corrected chi connectivity index (χ0v) is 10.4. The first kappa shape index (κ1) is 22.8. The predicted molar refractivity (Wildman–Crippen MR) is 57.4 cm³/mol. The molecule has 0 atom stereocenters. The summed E-state index contributed by atoms with van der Waals surface area (Å²) in [7, 11) is 0. The van der Waals surface area contributed by atoms with Gasteiger partial charge in [-0.25, -0.2) is 15.0 Å². The summed E-state index contributed by atoms with van der Waals surface area (Å²) in [6, 6.07) is 0. The lowest BCUT2D eigenvalue weighted by atomic mass is 10.5. The van der Waals surface area contributed by atoms with Crippen LogP contribution in [0, 0.1) is 0 Å². The third kappa shape index (κ3) is 11.2. The Labute approximate surface area is 120 Å². The summed E-state index contributed by atoms with van der Waals surface area (Å²) in [5.41, 5.74) is 0. The van der Waals surface area contributed by atoms with Crippen molar-refractivity contribution in [3.8, 4) is 0 Å². The van der Waals surface area contributed by atoms with E-state index in [4.69, 9.17) is 61.3 Å². The second-order valence-corrected chi connectivity index (χ2v) is 3.34. The van der Waals surface area contributed by atoms with E-state index in [0.29, 0.717) is 0 Å². The Morgan fingerprint density at radius 1 is 0.364 bits per heavy atom. The average molecular weight is 333 g/mol. The highest BCUT2D eigenvalue weighted by molar-refractivity contribution is 4.55. The van der Waals surface area contributed by atoms with Crippen molar-refractivity contribution in [2.45, 2.75) is 23.9 Å². The third-order valence-electron chi connectivity index (χ3n) is 1.30. The highest BCUT2D eigenvalue weighted by Gasteiger charge is 2.45. The number of hydrogen-bond acceptors (Lipinski definition) is 15. The molecule has 0 aliphatic heterocycles. The molecule has 15 nitrogen and oxygen atoms in total. The summed E-state index contributed by atoms with van der Waals surface area (Å²) in [6.07, 6.45) is 4.31. The van der Waals surface area contributed by atoms with Crippen LogP contribution in [-0.2, 0) is 0 Å². The van der Waals surface area contributed by atoms with Crippen molar-refractivity contribution in [1.82, 2.24) is 15.0 Å². The van der Waals surface area contributed by atoms with E-state index in [1.807, 2.05) is 0 Å². The molecule has 0 aromatic carbocycles. The molecule has 0 saturated carbocycles. The monoisotopic (exact) mass is 333 g/mol. The molecule has 0 radical (unpaired) electrons. The van der Waals surface area contributed by atoms with Crippen LogP contribution in [0.1, 0.15) is 0 Å². The average Bonchev–Trinajstić information content (AvgIpc) is 2.27. The van der Waals surface area contributed by atoms with E-state index >= 15 is 0 Å². The quantitative estimate of drug-likeness (QED) is 0.224. The minimum atomic E-state index is -3.90. The largest absolute Gasteiger partial charge is 0.362 e. The zero-order chi connectivity index (χ0) is 18.2. The molecule has 1 aromatic rings. The van der Waals surface area contributed by atoms with Gasteiger partial charge >= 0.3 is 23.9 Å². The van der Waals surface area contributed by atoms with Crippen molar-refractivity contribution >= 4 is 0 Å². The minimum absolute atomic E-state index is 1.44. The first-order chi connectivity index (χ1) is 9.50. The molecule has 0 saturated heterocycles. The van der Waals surface area contributed by atoms with Crippen LogP contribution in [0.15, 0.2) is 19.0 Å². The van der Waals surface area contributed by atoms with E-state index in [1.54, 1.807) is 0 Å². The minimum Gasteiger partial charge on any atom is -0.337 e. The molecule has 22 heavy (non-hydrogen) atoms. The van der Waals surface area contributed by atoms with Gasteiger partial charge in [0.2, 0.25) is 0 Å². The molecule has 0 fully saturated rings. The second kappa shape index (κ2) is 8.24. The smallest absolute Gasteiger partial charge is 0.337 e. The molecule has 0 aliphatic carbocycles. The summed E-state index contributed by atoms with van der Waals surface area (Å²) in [4.78, 5) is 10.7. The van der Waals surface area contributed by atoms with Crippen molar-refractivity contribution in [3.63, 3.8) is 0 Å². The van der Waals surface area contributed by atoms with E-state index < -0.39 is 23.9 Å². The Hall–Kier alpha value is -1.47. The van der Waals surface area contributed by atoms with Crippen LogP contribution >= 0.6 is 0 Å². The van der Waals surface area contributed by atoms with Gasteiger partial charge in [-0.2, -0.15) is 0 Å².